The second-order valence-corrected chi connectivity index (χ2v) is 4.83. The van der Waals surface area contributed by atoms with Crippen LogP contribution in [0.3, 0.4) is 0 Å². The molecule has 2 unspecified atom stereocenters. The van der Waals surface area contributed by atoms with Gasteiger partial charge in [-0.25, -0.2) is 0 Å². The molecule has 1 rings (SSSR count). The fraction of sp³-hybridized carbons (Fsp3) is 1.00. The van der Waals surface area contributed by atoms with Crippen molar-refractivity contribution in [3.8, 4) is 0 Å². The molecule has 14 heavy (non-hydrogen) atoms. The minimum atomic E-state index is -0.192. The Labute approximate surface area is 88.2 Å². The van der Waals surface area contributed by atoms with E-state index in [1.807, 2.05) is 0 Å². The van der Waals surface area contributed by atoms with Crippen molar-refractivity contribution in [2.45, 2.75) is 38.4 Å². The van der Waals surface area contributed by atoms with E-state index in [0.717, 1.165) is 13.1 Å². The molecule has 1 aliphatic heterocycles. The van der Waals surface area contributed by atoms with Crippen LogP contribution in [0.4, 0.5) is 0 Å². The van der Waals surface area contributed by atoms with Gasteiger partial charge in [-0.3, -0.25) is 4.90 Å². The van der Waals surface area contributed by atoms with Crippen LogP contribution in [0, 0.1) is 0 Å². The third-order valence-electron chi connectivity index (χ3n) is 2.49. The van der Waals surface area contributed by atoms with Gasteiger partial charge in [0.15, 0.2) is 0 Å². The van der Waals surface area contributed by atoms with Gasteiger partial charge in [0.25, 0.3) is 0 Å². The summed E-state index contributed by atoms with van der Waals surface area (Å²) in [6, 6.07) is -0.192. The molecule has 80 valence electrons. The van der Waals surface area contributed by atoms with Crippen molar-refractivity contribution in [2.75, 3.05) is 26.8 Å². The van der Waals surface area contributed by atoms with E-state index in [4.69, 9.17) is 17.3 Å². The molecule has 2 radical (unpaired) electrons. The number of rotatable bonds is 2. The Hall–Kier alpha value is -0.0551. The lowest BCUT2D eigenvalue weighted by atomic mass is 9.94. The maximum absolute atomic E-state index is 5.82. The van der Waals surface area contributed by atoms with Gasteiger partial charge in [-0.05, 0) is 20.8 Å². The molecule has 0 saturated carbocycles. The fourth-order valence-corrected chi connectivity index (χ4v) is 1.70. The van der Waals surface area contributed by atoms with Crippen molar-refractivity contribution in [3.63, 3.8) is 0 Å². The van der Waals surface area contributed by atoms with Gasteiger partial charge < -0.3 is 9.47 Å². The van der Waals surface area contributed by atoms with E-state index in [1.54, 1.807) is 7.11 Å². The SMILES string of the molecule is [B]C1CN(C(C)(C)C)CC(COC)O1. The largest absolute Gasteiger partial charge is 0.382 e. The lowest BCUT2D eigenvalue weighted by Crippen LogP contribution is -2.55. The van der Waals surface area contributed by atoms with E-state index in [9.17, 15) is 0 Å². The molecule has 1 heterocycles. The molecule has 0 N–H and O–H groups in total. The van der Waals surface area contributed by atoms with Gasteiger partial charge in [-0.15, -0.1) is 0 Å². The van der Waals surface area contributed by atoms with E-state index in [-0.39, 0.29) is 17.6 Å². The Morgan fingerprint density at radius 1 is 1.43 bits per heavy atom. The standard InChI is InChI=1S/C10H20BNO2/c1-10(2,3)12-5-8(7-13-4)14-9(11)6-12/h8-9H,5-7H2,1-4H3. The van der Waals surface area contributed by atoms with Crippen LogP contribution in [0.5, 0.6) is 0 Å². The van der Waals surface area contributed by atoms with Crippen LogP contribution in [0.1, 0.15) is 20.8 Å². The Bertz CT molecular complexity index is 181. The molecule has 0 aliphatic carbocycles. The van der Waals surface area contributed by atoms with Gasteiger partial charge in [0.2, 0.25) is 0 Å². The second kappa shape index (κ2) is 4.64. The number of hydrogen-bond acceptors (Lipinski definition) is 3. The summed E-state index contributed by atoms with van der Waals surface area (Å²) in [5, 5.41) is 0. The molecule has 0 amide bonds. The van der Waals surface area contributed by atoms with Crippen LogP contribution in [-0.2, 0) is 9.47 Å². The highest BCUT2D eigenvalue weighted by Gasteiger charge is 2.31. The predicted octanol–water partition coefficient (Wildman–Crippen LogP) is 0.627. The van der Waals surface area contributed by atoms with Gasteiger partial charge in [-0.2, -0.15) is 0 Å². The van der Waals surface area contributed by atoms with Crippen LogP contribution < -0.4 is 0 Å². The highest BCUT2D eigenvalue weighted by atomic mass is 16.5. The lowest BCUT2D eigenvalue weighted by Gasteiger charge is -2.44. The molecule has 4 heteroatoms. The number of morpholine rings is 1. The normalized spacial score (nSPS) is 30.6. The molecule has 0 aromatic carbocycles. The monoisotopic (exact) mass is 197 g/mol. The molecule has 3 nitrogen and oxygen atoms in total. The molecule has 0 aromatic heterocycles. The second-order valence-electron chi connectivity index (χ2n) is 4.83. The smallest absolute Gasteiger partial charge is 0.110 e. The predicted molar refractivity (Wildman–Crippen MR) is 57.6 cm³/mol. The van der Waals surface area contributed by atoms with Crippen molar-refractivity contribution in [1.82, 2.24) is 4.90 Å². The van der Waals surface area contributed by atoms with Gasteiger partial charge in [0.05, 0.1) is 12.7 Å². The zero-order valence-electron chi connectivity index (χ0n) is 9.62. The summed E-state index contributed by atoms with van der Waals surface area (Å²) in [5.41, 5.74) is 0.146. The van der Waals surface area contributed by atoms with Crippen LogP contribution in [0.2, 0.25) is 0 Å². The first-order valence-corrected chi connectivity index (χ1v) is 5.08. The molecular formula is C10H20BNO2. The van der Waals surface area contributed by atoms with Gasteiger partial charge in [0.1, 0.15) is 7.85 Å². The zero-order chi connectivity index (χ0) is 10.8. The number of nitrogens with zero attached hydrogens (tertiary/aromatic N) is 1. The Balaban J connectivity index is 2.54. The first-order chi connectivity index (χ1) is 6.43. The number of hydrogen-bond donors (Lipinski definition) is 0. The Morgan fingerprint density at radius 2 is 2.07 bits per heavy atom. The number of ether oxygens (including phenoxy) is 2. The van der Waals surface area contributed by atoms with E-state index < -0.39 is 0 Å². The summed E-state index contributed by atoms with van der Waals surface area (Å²) in [4.78, 5) is 2.34. The average Bonchev–Trinajstić information content (AvgIpc) is 2.02. The maximum atomic E-state index is 5.82. The van der Waals surface area contributed by atoms with Crippen molar-refractivity contribution in [1.29, 1.82) is 0 Å². The molecule has 1 saturated heterocycles. The van der Waals surface area contributed by atoms with Crippen LogP contribution in [-0.4, -0.2) is 57.2 Å². The van der Waals surface area contributed by atoms with Crippen LogP contribution >= 0.6 is 0 Å². The van der Waals surface area contributed by atoms with Gasteiger partial charge in [-0.1, -0.05) is 0 Å². The van der Waals surface area contributed by atoms with E-state index in [2.05, 4.69) is 25.7 Å². The summed E-state index contributed by atoms with van der Waals surface area (Å²) >= 11 is 0. The third-order valence-corrected chi connectivity index (χ3v) is 2.49. The quantitative estimate of drug-likeness (QED) is 0.606. The molecule has 1 aliphatic rings. The topological polar surface area (TPSA) is 21.7 Å². The highest BCUT2D eigenvalue weighted by Crippen LogP contribution is 2.19. The third kappa shape index (κ3) is 3.26. The van der Waals surface area contributed by atoms with Gasteiger partial charge in [0, 0.05) is 31.7 Å². The Morgan fingerprint density at radius 3 is 2.57 bits per heavy atom. The van der Waals surface area contributed by atoms with Crippen LogP contribution in [0.15, 0.2) is 0 Å². The Kier molecular flexibility index (Phi) is 3.99. The van der Waals surface area contributed by atoms with Crippen molar-refractivity contribution in [3.05, 3.63) is 0 Å². The fourth-order valence-electron chi connectivity index (χ4n) is 1.70. The minimum absolute atomic E-state index is 0.1000. The lowest BCUT2D eigenvalue weighted by molar-refractivity contribution is -0.0989. The molecule has 2 atom stereocenters. The first-order valence-electron chi connectivity index (χ1n) is 5.08. The van der Waals surface area contributed by atoms with Crippen molar-refractivity contribution < 1.29 is 9.47 Å². The highest BCUT2D eigenvalue weighted by molar-refractivity contribution is 6.11. The summed E-state index contributed by atoms with van der Waals surface area (Å²) in [6.07, 6.45) is 0.1000. The molecule has 0 bridgehead atoms. The van der Waals surface area contributed by atoms with Crippen LogP contribution in [0.25, 0.3) is 0 Å². The zero-order valence-corrected chi connectivity index (χ0v) is 9.62. The van der Waals surface area contributed by atoms with Crippen molar-refractivity contribution in [2.24, 2.45) is 0 Å². The molecule has 0 aromatic rings. The minimum Gasteiger partial charge on any atom is -0.382 e. The molecule has 0 spiro atoms. The summed E-state index contributed by atoms with van der Waals surface area (Å²) in [7, 11) is 7.51. The van der Waals surface area contributed by atoms with E-state index in [1.165, 1.54) is 0 Å². The number of methoxy groups -OCH3 is 1. The van der Waals surface area contributed by atoms with E-state index in [0.29, 0.717) is 6.61 Å². The summed E-state index contributed by atoms with van der Waals surface area (Å²) in [5.74, 6) is 0. The van der Waals surface area contributed by atoms with Crippen molar-refractivity contribution >= 4 is 7.85 Å². The van der Waals surface area contributed by atoms with E-state index >= 15 is 0 Å². The maximum Gasteiger partial charge on any atom is 0.110 e. The average molecular weight is 197 g/mol. The first kappa shape index (κ1) is 12.0. The van der Waals surface area contributed by atoms with Gasteiger partial charge >= 0.3 is 0 Å². The summed E-state index contributed by atoms with van der Waals surface area (Å²) < 4.78 is 10.6. The summed E-state index contributed by atoms with van der Waals surface area (Å²) in [6.45, 7) is 8.87. The molecule has 1 fully saturated rings. The molecular weight excluding hydrogens is 177 g/mol.